The van der Waals surface area contributed by atoms with Gasteiger partial charge < -0.3 is 4.52 Å². The molecule has 0 saturated heterocycles. The summed E-state index contributed by atoms with van der Waals surface area (Å²) in [5, 5.41) is 8.68. The van der Waals surface area contributed by atoms with Gasteiger partial charge in [-0.1, -0.05) is 12.1 Å². The predicted octanol–water partition coefficient (Wildman–Crippen LogP) is 2.03. The molecule has 0 aliphatic heterocycles. The Morgan fingerprint density at radius 2 is 2.33 bits per heavy atom. The van der Waals surface area contributed by atoms with Crippen molar-refractivity contribution in [1.82, 2.24) is 14.9 Å². The van der Waals surface area contributed by atoms with Gasteiger partial charge >= 0.3 is 0 Å². The SMILES string of the molecule is Cn1cc2c(n1)C1(C)Cc3cnoc3CC1CC2. The monoisotopic (exact) mass is 243 g/mol. The van der Waals surface area contributed by atoms with Crippen LogP contribution in [0.4, 0.5) is 0 Å². The Labute approximate surface area is 106 Å². The smallest absolute Gasteiger partial charge is 0.140 e. The Hall–Kier alpha value is -1.58. The molecule has 2 aromatic rings. The zero-order valence-electron chi connectivity index (χ0n) is 10.8. The summed E-state index contributed by atoms with van der Waals surface area (Å²) in [6.45, 7) is 2.36. The lowest BCUT2D eigenvalue weighted by Gasteiger charge is -2.42. The highest BCUT2D eigenvalue weighted by Crippen LogP contribution is 2.47. The first-order chi connectivity index (χ1) is 8.67. The number of fused-ring (bicyclic) bond motifs is 4. The molecule has 0 N–H and O–H groups in total. The van der Waals surface area contributed by atoms with Crippen molar-refractivity contribution in [2.24, 2.45) is 13.0 Å². The van der Waals surface area contributed by atoms with Crippen molar-refractivity contribution in [2.45, 2.75) is 38.0 Å². The normalized spacial score (nSPS) is 29.6. The van der Waals surface area contributed by atoms with Crippen LogP contribution in [-0.2, 0) is 31.7 Å². The van der Waals surface area contributed by atoms with E-state index < -0.39 is 0 Å². The fourth-order valence-corrected chi connectivity index (χ4v) is 3.81. The van der Waals surface area contributed by atoms with E-state index in [0.29, 0.717) is 5.92 Å². The minimum Gasteiger partial charge on any atom is -0.361 e. The van der Waals surface area contributed by atoms with E-state index in [2.05, 4.69) is 18.3 Å². The number of aromatic nitrogens is 3. The molecule has 2 aromatic heterocycles. The maximum absolute atomic E-state index is 5.37. The van der Waals surface area contributed by atoms with E-state index in [1.807, 2.05) is 17.9 Å². The first kappa shape index (κ1) is 10.4. The molecule has 94 valence electrons. The molecule has 0 amide bonds. The topological polar surface area (TPSA) is 43.9 Å². The van der Waals surface area contributed by atoms with Gasteiger partial charge in [0.25, 0.3) is 0 Å². The molecule has 2 unspecified atom stereocenters. The van der Waals surface area contributed by atoms with Gasteiger partial charge in [-0.2, -0.15) is 5.10 Å². The highest BCUT2D eigenvalue weighted by atomic mass is 16.5. The van der Waals surface area contributed by atoms with Gasteiger partial charge in [0.1, 0.15) is 5.76 Å². The number of rotatable bonds is 0. The van der Waals surface area contributed by atoms with Crippen LogP contribution in [0.2, 0.25) is 0 Å². The van der Waals surface area contributed by atoms with E-state index in [-0.39, 0.29) is 5.41 Å². The van der Waals surface area contributed by atoms with E-state index in [0.717, 1.165) is 25.0 Å². The second kappa shape index (κ2) is 3.25. The van der Waals surface area contributed by atoms with Gasteiger partial charge in [-0.25, -0.2) is 0 Å². The summed E-state index contributed by atoms with van der Waals surface area (Å²) in [7, 11) is 2.02. The molecule has 4 heteroatoms. The van der Waals surface area contributed by atoms with Crippen LogP contribution in [0, 0.1) is 5.92 Å². The summed E-state index contributed by atoms with van der Waals surface area (Å²) in [4.78, 5) is 0. The van der Waals surface area contributed by atoms with E-state index in [9.17, 15) is 0 Å². The maximum Gasteiger partial charge on any atom is 0.140 e. The van der Waals surface area contributed by atoms with E-state index in [4.69, 9.17) is 9.62 Å². The lowest BCUT2D eigenvalue weighted by atomic mass is 9.60. The molecule has 0 bridgehead atoms. The second-order valence-electron chi connectivity index (χ2n) is 5.98. The van der Waals surface area contributed by atoms with Crippen molar-refractivity contribution in [1.29, 1.82) is 0 Å². The van der Waals surface area contributed by atoms with Crippen LogP contribution < -0.4 is 0 Å². The van der Waals surface area contributed by atoms with Crippen molar-refractivity contribution >= 4 is 0 Å². The molecule has 2 aliphatic carbocycles. The van der Waals surface area contributed by atoms with E-state index >= 15 is 0 Å². The fourth-order valence-electron chi connectivity index (χ4n) is 3.81. The van der Waals surface area contributed by atoms with Crippen molar-refractivity contribution in [3.63, 3.8) is 0 Å². The van der Waals surface area contributed by atoms with Crippen molar-refractivity contribution < 1.29 is 4.52 Å². The summed E-state index contributed by atoms with van der Waals surface area (Å²) in [6, 6.07) is 0. The van der Waals surface area contributed by atoms with Gasteiger partial charge in [-0.3, -0.25) is 4.68 Å². The van der Waals surface area contributed by atoms with Gasteiger partial charge in [0.15, 0.2) is 0 Å². The Bertz CT molecular complexity index is 612. The molecule has 0 radical (unpaired) electrons. The average Bonchev–Trinajstić information content (AvgIpc) is 2.91. The van der Waals surface area contributed by atoms with Crippen LogP contribution >= 0.6 is 0 Å². The summed E-state index contributed by atoms with van der Waals surface area (Å²) in [5.74, 6) is 1.73. The molecule has 2 aliphatic rings. The van der Waals surface area contributed by atoms with Crippen LogP contribution in [0.3, 0.4) is 0 Å². The first-order valence-corrected chi connectivity index (χ1v) is 6.62. The van der Waals surface area contributed by atoms with E-state index in [1.165, 1.54) is 23.2 Å². The number of hydrogen-bond donors (Lipinski definition) is 0. The maximum atomic E-state index is 5.37. The summed E-state index contributed by atoms with van der Waals surface area (Å²) < 4.78 is 7.33. The van der Waals surface area contributed by atoms with Crippen molar-refractivity contribution in [3.8, 4) is 0 Å². The van der Waals surface area contributed by atoms with Crippen LogP contribution in [0.1, 0.15) is 35.9 Å². The molecule has 2 heterocycles. The molecule has 4 rings (SSSR count). The Kier molecular flexibility index (Phi) is 1.87. The first-order valence-electron chi connectivity index (χ1n) is 6.62. The molecule has 18 heavy (non-hydrogen) atoms. The van der Waals surface area contributed by atoms with Gasteiger partial charge in [-0.05, 0) is 30.7 Å². The number of nitrogens with zero attached hydrogens (tertiary/aromatic N) is 3. The average molecular weight is 243 g/mol. The zero-order chi connectivity index (χ0) is 12.3. The van der Waals surface area contributed by atoms with Gasteiger partial charge in [-0.15, -0.1) is 0 Å². The third-order valence-electron chi connectivity index (χ3n) is 4.83. The molecule has 2 atom stereocenters. The molecular formula is C14H17N3O. The molecular weight excluding hydrogens is 226 g/mol. The number of hydrogen-bond acceptors (Lipinski definition) is 3. The standard InChI is InChI=1S/C14H17N3O/c1-14-6-10-7-15-18-12(10)5-11(14)4-3-9-8-17(2)16-13(9)14/h7-8,11H,3-6H2,1-2H3. The quantitative estimate of drug-likeness (QED) is 0.711. The molecule has 4 nitrogen and oxygen atoms in total. The van der Waals surface area contributed by atoms with Crippen LogP contribution in [-0.4, -0.2) is 14.9 Å². The van der Waals surface area contributed by atoms with Gasteiger partial charge in [0.05, 0.1) is 11.9 Å². The van der Waals surface area contributed by atoms with Crippen molar-refractivity contribution in [3.05, 3.63) is 35.0 Å². The largest absolute Gasteiger partial charge is 0.361 e. The van der Waals surface area contributed by atoms with Gasteiger partial charge in [0, 0.05) is 30.6 Å². The Morgan fingerprint density at radius 3 is 3.22 bits per heavy atom. The third kappa shape index (κ3) is 1.21. The second-order valence-corrected chi connectivity index (χ2v) is 5.98. The molecule has 0 fully saturated rings. The predicted molar refractivity (Wildman–Crippen MR) is 66.3 cm³/mol. The molecule has 0 aromatic carbocycles. The summed E-state index contributed by atoms with van der Waals surface area (Å²) >= 11 is 0. The Morgan fingerprint density at radius 1 is 1.44 bits per heavy atom. The number of aryl methyl sites for hydroxylation is 2. The summed E-state index contributed by atoms with van der Waals surface area (Å²) in [6.07, 6.45) is 8.47. The van der Waals surface area contributed by atoms with Gasteiger partial charge in [0.2, 0.25) is 0 Å². The molecule has 0 saturated carbocycles. The zero-order valence-corrected chi connectivity index (χ0v) is 10.8. The van der Waals surface area contributed by atoms with Crippen molar-refractivity contribution in [2.75, 3.05) is 0 Å². The highest BCUT2D eigenvalue weighted by molar-refractivity contribution is 5.36. The van der Waals surface area contributed by atoms with Crippen LogP contribution in [0.25, 0.3) is 0 Å². The van der Waals surface area contributed by atoms with Crippen LogP contribution in [0.5, 0.6) is 0 Å². The lowest BCUT2D eigenvalue weighted by Crippen LogP contribution is -2.42. The Balaban J connectivity index is 1.87. The highest BCUT2D eigenvalue weighted by Gasteiger charge is 2.46. The lowest BCUT2D eigenvalue weighted by molar-refractivity contribution is 0.206. The molecule has 0 spiro atoms. The third-order valence-corrected chi connectivity index (χ3v) is 4.83. The minimum absolute atomic E-state index is 0.160. The fraction of sp³-hybridized carbons (Fsp3) is 0.571. The summed E-state index contributed by atoms with van der Waals surface area (Å²) in [5.41, 5.74) is 4.16. The minimum atomic E-state index is 0.160. The van der Waals surface area contributed by atoms with E-state index in [1.54, 1.807) is 0 Å². The van der Waals surface area contributed by atoms with Crippen LogP contribution in [0.15, 0.2) is 16.9 Å².